The molecule has 1 aliphatic heterocycles. The van der Waals surface area contributed by atoms with E-state index in [1.54, 1.807) is 6.92 Å². The van der Waals surface area contributed by atoms with Crippen molar-refractivity contribution in [1.29, 1.82) is 0 Å². The van der Waals surface area contributed by atoms with Gasteiger partial charge in [-0.15, -0.1) is 0 Å². The largest absolute Gasteiger partial charge is 0.490 e. The Balaban J connectivity index is 0.000000215. The molecule has 0 amide bonds. The molecule has 5 heteroatoms. The van der Waals surface area contributed by atoms with Crippen LogP contribution in [0.5, 0.6) is 5.75 Å². The Morgan fingerprint density at radius 2 is 1.52 bits per heavy atom. The summed E-state index contributed by atoms with van der Waals surface area (Å²) in [7, 11) is 0. The van der Waals surface area contributed by atoms with E-state index >= 15 is 0 Å². The minimum atomic E-state index is 0. The Morgan fingerprint density at radius 1 is 0.875 bits per heavy atom. The maximum atomic E-state index is 11.3. The van der Waals surface area contributed by atoms with Gasteiger partial charge in [0.2, 0.25) is 0 Å². The number of carbonyl (C=O) groups is 1. The van der Waals surface area contributed by atoms with Crippen LogP contribution in [0.4, 0.5) is 0 Å². The van der Waals surface area contributed by atoms with E-state index in [0.29, 0.717) is 29.6 Å². The highest BCUT2D eigenvalue weighted by Crippen LogP contribution is 2.52. The van der Waals surface area contributed by atoms with E-state index in [1.165, 1.54) is 36.8 Å². The maximum Gasteiger partial charge on any atom is 0.132 e. The van der Waals surface area contributed by atoms with Crippen LogP contribution in [0.3, 0.4) is 0 Å². The van der Waals surface area contributed by atoms with Crippen molar-refractivity contribution in [3.8, 4) is 17.6 Å². The standard InChI is InChI=1S/C20H27O.C15H20O2.2H2O/c1-12-4-9-16-13(2)6-10-17-14(3)20(15-7-8-15)21-18(11-5-12)19(16)17;1-11-3-7-14(8-4-11)17-15-9-5-13(6-10-15)12(2)16;;/h7-8,12-14,16-20H,4,6,9-10H2,1-3H3;3-4,7-8,13,15H,5-6,9-10H2,1-2H3;2*1H2/t12?,13-,14-,16+,17+,18-,19?,20+;;;/m1.../s1. The molecule has 8 atom stereocenters. The molecule has 1 aromatic rings. The summed E-state index contributed by atoms with van der Waals surface area (Å²) < 4.78 is 12.4. The molecule has 0 aromatic heterocycles. The molecule has 1 saturated heterocycles. The number of hydrogen-bond donors (Lipinski definition) is 0. The van der Waals surface area contributed by atoms with Crippen LogP contribution in [0.15, 0.2) is 35.9 Å². The van der Waals surface area contributed by atoms with Crippen molar-refractivity contribution in [2.75, 3.05) is 0 Å². The van der Waals surface area contributed by atoms with E-state index in [0.717, 1.165) is 49.2 Å². The van der Waals surface area contributed by atoms with Crippen molar-refractivity contribution in [2.24, 2.45) is 41.4 Å². The maximum absolute atomic E-state index is 11.3. The first kappa shape index (κ1) is 32.4. The van der Waals surface area contributed by atoms with E-state index in [2.05, 4.69) is 64.2 Å². The third-order valence-electron chi connectivity index (χ3n) is 10.1. The van der Waals surface area contributed by atoms with Gasteiger partial charge in [0.1, 0.15) is 17.6 Å². The van der Waals surface area contributed by atoms with Gasteiger partial charge < -0.3 is 20.4 Å². The highest BCUT2D eigenvalue weighted by atomic mass is 16.5. The number of ether oxygens (including phenoxy) is 2. The summed E-state index contributed by atoms with van der Waals surface area (Å²) in [5.41, 5.74) is 2.67. The predicted molar refractivity (Wildman–Crippen MR) is 161 cm³/mol. The van der Waals surface area contributed by atoms with E-state index in [-0.39, 0.29) is 29.1 Å². The predicted octanol–water partition coefficient (Wildman–Crippen LogP) is 6.12. The number of aryl methyl sites for hydroxylation is 1. The fourth-order valence-electron chi connectivity index (χ4n) is 7.58. The zero-order chi connectivity index (χ0) is 26.8. The fourth-order valence-corrected chi connectivity index (χ4v) is 7.58. The number of Topliss-reactive ketones (excluding diaryl/α,β-unsaturated/α-hetero) is 1. The Morgan fingerprint density at radius 3 is 2.15 bits per heavy atom. The number of carbonyl (C=O) groups excluding carboxylic acids is 1. The average Bonchev–Trinajstić information content (AvgIpc) is 3.74. The van der Waals surface area contributed by atoms with Crippen LogP contribution >= 0.6 is 0 Å². The van der Waals surface area contributed by atoms with Crippen molar-refractivity contribution in [1.82, 2.24) is 0 Å². The molecule has 1 radical (unpaired) electrons. The fraction of sp³-hybridized carbons (Fsp3) is 0.657. The summed E-state index contributed by atoms with van der Waals surface area (Å²) in [6.45, 7) is 10.9. The first-order valence-electron chi connectivity index (χ1n) is 15.3. The molecule has 2 saturated carbocycles. The van der Waals surface area contributed by atoms with Gasteiger partial charge in [0.05, 0.1) is 12.2 Å². The van der Waals surface area contributed by atoms with Gasteiger partial charge in [-0.3, -0.25) is 4.79 Å². The summed E-state index contributed by atoms with van der Waals surface area (Å²) in [6.07, 6.45) is 14.6. The van der Waals surface area contributed by atoms with Crippen molar-refractivity contribution >= 4 is 5.78 Å². The number of hydrogen-bond acceptors (Lipinski definition) is 3. The number of ketones is 1. The lowest BCUT2D eigenvalue weighted by molar-refractivity contribution is -0.140. The highest BCUT2D eigenvalue weighted by Gasteiger charge is 2.51. The van der Waals surface area contributed by atoms with Gasteiger partial charge in [-0.25, -0.2) is 0 Å². The lowest BCUT2D eigenvalue weighted by atomic mass is 9.58. The Hall–Kier alpha value is -2.13. The van der Waals surface area contributed by atoms with Crippen LogP contribution in [-0.4, -0.2) is 35.0 Å². The smallest absolute Gasteiger partial charge is 0.132 e. The number of allylic oxidation sites excluding steroid dienone is 1. The Kier molecular flexibility index (Phi) is 11.5. The summed E-state index contributed by atoms with van der Waals surface area (Å²) in [5.74, 6) is 12.9. The third kappa shape index (κ3) is 7.58. The molecule has 4 aliphatic carbocycles. The molecular weight excluding hydrogens is 500 g/mol. The van der Waals surface area contributed by atoms with Gasteiger partial charge in [-0.2, -0.15) is 0 Å². The molecule has 6 rings (SSSR count). The summed E-state index contributed by atoms with van der Waals surface area (Å²) in [4.78, 5) is 11.3. The lowest BCUT2D eigenvalue weighted by Crippen LogP contribution is -2.52. The van der Waals surface area contributed by atoms with E-state index < -0.39 is 0 Å². The van der Waals surface area contributed by atoms with E-state index in [9.17, 15) is 4.79 Å². The highest BCUT2D eigenvalue weighted by molar-refractivity contribution is 5.78. The molecule has 0 spiro atoms. The molecule has 1 aromatic carbocycles. The monoisotopic (exact) mass is 551 g/mol. The molecule has 3 fully saturated rings. The minimum absolute atomic E-state index is 0. The van der Waals surface area contributed by atoms with Crippen LogP contribution in [0.1, 0.15) is 84.6 Å². The van der Waals surface area contributed by atoms with Gasteiger partial charge in [-0.1, -0.05) is 62.8 Å². The van der Waals surface area contributed by atoms with Gasteiger partial charge in [0, 0.05) is 24.2 Å². The van der Waals surface area contributed by atoms with Gasteiger partial charge in [0.15, 0.2) is 0 Å². The van der Waals surface area contributed by atoms with Crippen LogP contribution < -0.4 is 4.74 Å². The molecule has 4 N–H and O–H groups in total. The van der Waals surface area contributed by atoms with Crippen LogP contribution in [0.25, 0.3) is 0 Å². The SMILES string of the molecule is CC(=O)C1CCC(Oc2ccc(C)cc2)CC1.CC1C#C[C@H]2O[C@H](C3=C[CH]3)[C@H](C)[C@@H]3CC[C@@H](C)[C@H](CC1)C32.O.O. The molecule has 5 aliphatic rings. The number of benzene rings is 1. The molecule has 0 bridgehead atoms. The first-order chi connectivity index (χ1) is 18.3. The summed E-state index contributed by atoms with van der Waals surface area (Å²) >= 11 is 0. The van der Waals surface area contributed by atoms with E-state index in [1.807, 2.05) is 12.1 Å². The quantitative estimate of drug-likeness (QED) is 0.422. The molecule has 5 nitrogen and oxygen atoms in total. The van der Waals surface area contributed by atoms with Crippen molar-refractivity contribution < 1.29 is 25.2 Å². The van der Waals surface area contributed by atoms with Gasteiger partial charge in [0.25, 0.3) is 0 Å². The van der Waals surface area contributed by atoms with Crippen LogP contribution in [0.2, 0.25) is 0 Å². The summed E-state index contributed by atoms with van der Waals surface area (Å²) in [6, 6.07) is 8.17. The van der Waals surface area contributed by atoms with Crippen LogP contribution in [-0.2, 0) is 9.53 Å². The second kappa shape index (κ2) is 14.2. The second-order valence-electron chi connectivity index (χ2n) is 12.9. The molecule has 1 heterocycles. The Labute approximate surface area is 242 Å². The topological polar surface area (TPSA) is 98.5 Å². The zero-order valence-electron chi connectivity index (χ0n) is 25.1. The molecular formula is C35H51O5. The van der Waals surface area contributed by atoms with E-state index in [4.69, 9.17) is 9.47 Å². The van der Waals surface area contributed by atoms with Crippen molar-refractivity contribution in [3.05, 3.63) is 47.9 Å². The lowest BCUT2D eigenvalue weighted by Gasteiger charge is -2.52. The van der Waals surface area contributed by atoms with Crippen LogP contribution in [0, 0.1) is 66.6 Å². The van der Waals surface area contributed by atoms with Crippen molar-refractivity contribution in [3.63, 3.8) is 0 Å². The van der Waals surface area contributed by atoms with Gasteiger partial charge >= 0.3 is 0 Å². The minimum Gasteiger partial charge on any atom is -0.490 e. The normalized spacial score (nSPS) is 37.5. The second-order valence-corrected chi connectivity index (χ2v) is 12.9. The molecule has 40 heavy (non-hydrogen) atoms. The summed E-state index contributed by atoms with van der Waals surface area (Å²) in [5, 5.41) is 0. The first-order valence-corrected chi connectivity index (χ1v) is 15.3. The van der Waals surface area contributed by atoms with Gasteiger partial charge in [-0.05, 0) is 100 Å². The number of rotatable bonds is 4. The zero-order valence-corrected chi connectivity index (χ0v) is 25.1. The third-order valence-corrected chi connectivity index (χ3v) is 10.1. The average molecular weight is 552 g/mol. The Bertz CT molecular complexity index is 1060. The molecule has 2 unspecified atom stereocenters. The molecule has 221 valence electrons. The van der Waals surface area contributed by atoms with Crippen molar-refractivity contribution in [2.45, 2.75) is 104 Å².